The van der Waals surface area contributed by atoms with Gasteiger partial charge < -0.3 is 9.64 Å². The Kier molecular flexibility index (Phi) is 3.71. The Morgan fingerprint density at radius 1 is 1.56 bits per heavy atom. The van der Waals surface area contributed by atoms with Crippen LogP contribution in [0, 0.1) is 0 Å². The maximum atomic E-state index is 6.13. The average molecular weight is 262 g/mol. The minimum Gasteiger partial charge on any atom is -0.467 e. The fourth-order valence-electron chi connectivity index (χ4n) is 1.78. The lowest BCUT2D eigenvalue weighted by atomic mass is 10.1. The lowest BCUT2D eigenvalue weighted by Crippen LogP contribution is -2.36. The largest absolute Gasteiger partial charge is 0.467 e. The zero-order valence-electron chi connectivity index (χ0n) is 8.99. The van der Waals surface area contributed by atoms with Crippen molar-refractivity contribution >= 4 is 29.0 Å². The number of anilines is 1. The van der Waals surface area contributed by atoms with Crippen LogP contribution >= 0.6 is 23.2 Å². The van der Waals surface area contributed by atoms with Crippen LogP contribution in [0.1, 0.15) is 12.8 Å². The minimum absolute atomic E-state index is 0.158. The molecule has 0 N–H and O–H groups in total. The van der Waals surface area contributed by atoms with E-state index < -0.39 is 0 Å². The van der Waals surface area contributed by atoms with E-state index >= 15 is 0 Å². The molecule has 0 aliphatic carbocycles. The zero-order chi connectivity index (χ0) is 11.5. The van der Waals surface area contributed by atoms with Crippen molar-refractivity contribution in [3.63, 3.8) is 0 Å². The number of aromatic nitrogens is 2. The van der Waals surface area contributed by atoms with Gasteiger partial charge in [0, 0.05) is 13.1 Å². The summed E-state index contributed by atoms with van der Waals surface area (Å²) in [7, 11) is 1.54. The molecule has 0 radical (unpaired) electrons. The van der Waals surface area contributed by atoms with Crippen molar-refractivity contribution in [1.82, 2.24) is 9.97 Å². The lowest BCUT2D eigenvalue weighted by Gasteiger charge is -2.31. The third kappa shape index (κ3) is 2.50. The zero-order valence-corrected chi connectivity index (χ0v) is 10.5. The molecular formula is C10H13Cl2N3O. The van der Waals surface area contributed by atoms with E-state index in [-0.39, 0.29) is 5.38 Å². The van der Waals surface area contributed by atoms with Gasteiger partial charge in [0.15, 0.2) is 5.82 Å². The van der Waals surface area contributed by atoms with Gasteiger partial charge in [0.05, 0.1) is 18.7 Å². The van der Waals surface area contributed by atoms with E-state index in [1.807, 2.05) is 0 Å². The molecule has 16 heavy (non-hydrogen) atoms. The topological polar surface area (TPSA) is 38.2 Å². The van der Waals surface area contributed by atoms with E-state index in [9.17, 15) is 0 Å². The molecule has 1 saturated heterocycles. The van der Waals surface area contributed by atoms with Gasteiger partial charge in [-0.25, -0.2) is 4.98 Å². The second-order valence-electron chi connectivity index (χ2n) is 3.71. The fraction of sp³-hybridized carbons (Fsp3) is 0.600. The first-order valence-electron chi connectivity index (χ1n) is 5.16. The van der Waals surface area contributed by atoms with Crippen LogP contribution in [0.5, 0.6) is 6.01 Å². The molecule has 6 heteroatoms. The highest BCUT2D eigenvalue weighted by Gasteiger charge is 2.21. The molecule has 0 spiro atoms. The van der Waals surface area contributed by atoms with Crippen molar-refractivity contribution in [2.45, 2.75) is 18.2 Å². The SMILES string of the molecule is COc1ncc(Cl)c(N2CCCC(Cl)C2)n1. The van der Waals surface area contributed by atoms with Gasteiger partial charge in [0.1, 0.15) is 5.02 Å². The van der Waals surface area contributed by atoms with Crippen LogP contribution in [0.4, 0.5) is 5.82 Å². The molecule has 1 aliphatic rings. The van der Waals surface area contributed by atoms with Crippen LogP contribution in [-0.2, 0) is 0 Å². The van der Waals surface area contributed by atoms with Crippen LogP contribution < -0.4 is 9.64 Å². The third-order valence-corrected chi connectivity index (χ3v) is 3.17. The molecule has 1 unspecified atom stereocenters. The van der Waals surface area contributed by atoms with E-state index in [0.717, 1.165) is 25.9 Å². The predicted octanol–water partition coefficient (Wildman–Crippen LogP) is 2.35. The number of piperidine rings is 1. The van der Waals surface area contributed by atoms with E-state index in [0.29, 0.717) is 16.9 Å². The van der Waals surface area contributed by atoms with Crippen LogP contribution in [-0.4, -0.2) is 35.5 Å². The standard InChI is InChI=1S/C10H13Cl2N3O/c1-16-10-13-5-8(12)9(14-10)15-4-2-3-7(11)6-15/h5,7H,2-4,6H2,1H3. The van der Waals surface area contributed by atoms with Gasteiger partial charge in [0.25, 0.3) is 0 Å². The Labute approximate surface area is 105 Å². The summed E-state index contributed by atoms with van der Waals surface area (Å²) < 4.78 is 4.99. The van der Waals surface area contributed by atoms with Crippen molar-refractivity contribution < 1.29 is 4.74 Å². The lowest BCUT2D eigenvalue weighted by molar-refractivity contribution is 0.379. The number of alkyl halides is 1. The highest BCUT2D eigenvalue weighted by molar-refractivity contribution is 6.32. The maximum absolute atomic E-state index is 6.13. The monoisotopic (exact) mass is 261 g/mol. The molecule has 4 nitrogen and oxygen atoms in total. The number of halogens is 2. The van der Waals surface area contributed by atoms with Crippen LogP contribution in [0.2, 0.25) is 5.02 Å². The summed E-state index contributed by atoms with van der Waals surface area (Å²) in [5.74, 6) is 0.707. The summed E-state index contributed by atoms with van der Waals surface area (Å²) in [6, 6.07) is 0.330. The number of hydrogen-bond donors (Lipinski definition) is 0. The fourth-order valence-corrected chi connectivity index (χ4v) is 2.31. The Bertz CT molecular complexity index is 375. The van der Waals surface area contributed by atoms with Crippen molar-refractivity contribution in [1.29, 1.82) is 0 Å². The Hall–Kier alpha value is -0.740. The van der Waals surface area contributed by atoms with Gasteiger partial charge in [-0.3, -0.25) is 0 Å². The molecule has 1 aromatic heterocycles. The van der Waals surface area contributed by atoms with Crippen LogP contribution in [0.15, 0.2) is 6.20 Å². The number of ether oxygens (including phenoxy) is 1. The second-order valence-corrected chi connectivity index (χ2v) is 4.74. The second kappa shape index (κ2) is 5.06. The molecule has 1 aliphatic heterocycles. The first kappa shape index (κ1) is 11.7. The first-order valence-corrected chi connectivity index (χ1v) is 5.97. The molecular weight excluding hydrogens is 249 g/mol. The van der Waals surface area contributed by atoms with Gasteiger partial charge in [-0.05, 0) is 12.8 Å². The average Bonchev–Trinajstić information content (AvgIpc) is 2.30. The van der Waals surface area contributed by atoms with E-state index in [1.165, 1.54) is 7.11 Å². The van der Waals surface area contributed by atoms with Gasteiger partial charge in [-0.15, -0.1) is 11.6 Å². The van der Waals surface area contributed by atoms with Crippen molar-refractivity contribution in [2.75, 3.05) is 25.1 Å². The van der Waals surface area contributed by atoms with Gasteiger partial charge in [0.2, 0.25) is 0 Å². The molecule has 0 bridgehead atoms. The Morgan fingerprint density at radius 3 is 3.06 bits per heavy atom. The summed E-state index contributed by atoms with van der Waals surface area (Å²) in [6.07, 6.45) is 3.65. The number of nitrogens with zero attached hydrogens (tertiary/aromatic N) is 3. The smallest absolute Gasteiger partial charge is 0.318 e. The molecule has 2 heterocycles. The molecule has 88 valence electrons. The van der Waals surface area contributed by atoms with E-state index in [1.54, 1.807) is 6.20 Å². The quantitative estimate of drug-likeness (QED) is 0.767. The van der Waals surface area contributed by atoms with Crippen LogP contribution in [0.25, 0.3) is 0 Å². The summed E-state index contributed by atoms with van der Waals surface area (Å²) in [6.45, 7) is 1.69. The molecule has 2 rings (SSSR count). The maximum Gasteiger partial charge on any atom is 0.318 e. The summed E-state index contributed by atoms with van der Waals surface area (Å²) in [4.78, 5) is 10.3. The molecule has 1 aromatic rings. The van der Waals surface area contributed by atoms with Gasteiger partial charge in [-0.1, -0.05) is 11.6 Å². The molecule has 1 atom stereocenters. The van der Waals surface area contributed by atoms with Gasteiger partial charge in [-0.2, -0.15) is 4.98 Å². The van der Waals surface area contributed by atoms with E-state index in [2.05, 4.69) is 14.9 Å². The number of methoxy groups -OCH3 is 1. The van der Waals surface area contributed by atoms with E-state index in [4.69, 9.17) is 27.9 Å². The molecule has 1 fully saturated rings. The summed E-state index contributed by atoms with van der Waals surface area (Å²) >= 11 is 12.2. The highest BCUT2D eigenvalue weighted by atomic mass is 35.5. The van der Waals surface area contributed by atoms with Crippen molar-refractivity contribution in [3.8, 4) is 6.01 Å². The van der Waals surface area contributed by atoms with Crippen LogP contribution in [0.3, 0.4) is 0 Å². The normalized spacial score (nSPS) is 20.9. The predicted molar refractivity (Wildman–Crippen MR) is 64.7 cm³/mol. The Morgan fingerprint density at radius 2 is 2.38 bits per heavy atom. The molecule has 0 aromatic carbocycles. The molecule has 0 amide bonds. The third-order valence-electron chi connectivity index (χ3n) is 2.55. The summed E-state index contributed by atoms with van der Waals surface area (Å²) in [5, 5.41) is 0.692. The van der Waals surface area contributed by atoms with Crippen molar-refractivity contribution in [2.24, 2.45) is 0 Å². The number of hydrogen-bond acceptors (Lipinski definition) is 4. The summed E-state index contributed by atoms with van der Waals surface area (Å²) in [5.41, 5.74) is 0. The minimum atomic E-state index is 0.158. The van der Waals surface area contributed by atoms with Crippen molar-refractivity contribution in [3.05, 3.63) is 11.2 Å². The number of rotatable bonds is 2. The Balaban J connectivity index is 2.24. The molecule has 0 saturated carbocycles. The van der Waals surface area contributed by atoms with Gasteiger partial charge >= 0.3 is 6.01 Å². The highest BCUT2D eigenvalue weighted by Crippen LogP contribution is 2.28. The first-order chi connectivity index (χ1) is 7.70.